The predicted molar refractivity (Wildman–Crippen MR) is 125 cm³/mol. The van der Waals surface area contributed by atoms with Crippen LogP contribution >= 0.6 is 0 Å². The summed E-state index contributed by atoms with van der Waals surface area (Å²) in [7, 11) is 0. The van der Waals surface area contributed by atoms with Gasteiger partial charge in [0.1, 0.15) is 0 Å². The number of ether oxygens (including phenoxy) is 1. The Bertz CT molecular complexity index is 379. The molecule has 1 saturated carbocycles. The van der Waals surface area contributed by atoms with Gasteiger partial charge in [-0.05, 0) is 0 Å². The molecule has 1 rings (SSSR count). The first kappa shape index (κ1) is 25.4. The van der Waals surface area contributed by atoms with Crippen LogP contribution in [0.5, 0.6) is 0 Å². The van der Waals surface area contributed by atoms with E-state index in [4.69, 9.17) is 4.74 Å². The van der Waals surface area contributed by atoms with Crippen molar-refractivity contribution in [2.45, 2.75) is 125 Å². The van der Waals surface area contributed by atoms with E-state index in [-0.39, 0.29) is 5.41 Å². The van der Waals surface area contributed by atoms with Crippen molar-refractivity contribution in [3.63, 3.8) is 0 Å². The molecular formula is C25H50OSn. The zero-order valence-electron chi connectivity index (χ0n) is 19.7. The van der Waals surface area contributed by atoms with Crippen molar-refractivity contribution in [2.75, 3.05) is 6.61 Å². The second-order valence-electron chi connectivity index (χ2n) is 10.3. The quantitative estimate of drug-likeness (QED) is 0.187. The van der Waals surface area contributed by atoms with Gasteiger partial charge in [0.15, 0.2) is 0 Å². The summed E-state index contributed by atoms with van der Waals surface area (Å²) in [5.74, 6) is 0.814. The zero-order valence-corrected chi connectivity index (χ0v) is 22.5. The Morgan fingerprint density at radius 3 is 1.74 bits per heavy atom. The second-order valence-corrected chi connectivity index (χ2v) is 23.3. The molecule has 1 nitrogen and oxygen atoms in total. The molecule has 27 heavy (non-hydrogen) atoms. The van der Waals surface area contributed by atoms with E-state index in [1.165, 1.54) is 83.9 Å². The third-order valence-corrected chi connectivity index (χ3v) is 21.3. The molecule has 0 aromatic rings. The number of hydrogen-bond acceptors (Lipinski definition) is 1. The summed E-state index contributed by atoms with van der Waals surface area (Å²) in [5.41, 5.74) is 0.231. The Morgan fingerprint density at radius 2 is 1.33 bits per heavy atom. The molecule has 0 heterocycles. The third-order valence-electron chi connectivity index (χ3n) is 6.31. The summed E-state index contributed by atoms with van der Waals surface area (Å²) in [4.78, 5) is 0. The molecule has 2 heteroatoms. The molecule has 0 spiro atoms. The van der Waals surface area contributed by atoms with Crippen LogP contribution in [0, 0.1) is 11.3 Å². The van der Waals surface area contributed by atoms with Crippen molar-refractivity contribution < 1.29 is 4.74 Å². The Balaban J connectivity index is 3.09. The Morgan fingerprint density at radius 1 is 0.852 bits per heavy atom. The van der Waals surface area contributed by atoms with Crippen LogP contribution in [0.4, 0.5) is 0 Å². The fourth-order valence-corrected chi connectivity index (χ4v) is 20.9. The minimum atomic E-state index is -2.47. The predicted octanol–water partition coefficient (Wildman–Crippen LogP) is 8.90. The molecule has 1 aliphatic carbocycles. The van der Waals surface area contributed by atoms with Crippen LogP contribution < -0.4 is 0 Å². The Labute approximate surface area is 176 Å². The van der Waals surface area contributed by atoms with E-state index < -0.39 is 18.4 Å². The zero-order chi connectivity index (χ0) is 20.2. The molecule has 0 saturated heterocycles. The van der Waals surface area contributed by atoms with Crippen molar-refractivity contribution in [1.82, 2.24) is 0 Å². The maximum atomic E-state index is 6.87. The van der Waals surface area contributed by atoms with Gasteiger partial charge >= 0.3 is 176 Å². The molecule has 0 aliphatic heterocycles. The molecule has 0 aromatic heterocycles. The van der Waals surface area contributed by atoms with Crippen LogP contribution in [0.25, 0.3) is 0 Å². The van der Waals surface area contributed by atoms with Gasteiger partial charge in [0, 0.05) is 0 Å². The summed E-state index contributed by atoms with van der Waals surface area (Å²) in [6, 6.07) is 0. The monoisotopic (exact) mass is 486 g/mol. The summed E-state index contributed by atoms with van der Waals surface area (Å²) < 4.78 is 13.0. The van der Waals surface area contributed by atoms with Gasteiger partial charge in [-0.3, -0.25) is 0 Å². The minimum absolute atomic E-state index is 0.231. The molecule has 160 valence electrons. The van der Waals surface area contributed by atoms with Gasteiger partial charge in [-0.15, -0.1) is 0 Å². The molecule has 0 bridgehead atoms. The molecule has 1 fully saturated rings. The van der Waals surface area contributed by atoms with E-state index in [1.807, 2.05) is 0 Å². The van der Waals surface area contributed by atoms with E-state index in [0.717, 1.165) is 12.5 Å². The Hall–Kier alpha value is 0.339. The van der Waals surface area contributed by atoms with Crippen LogP contribution in [0.2, 0.25) is 13.3 Å². The van der Waals surface area contributed by atoms with Crippen LogP contribution in [0.3, 0.4) is 0 Å². The fraction of sp³-hybridized carbons (Fsp3) is 0.920. The van der Waals surface area contributed by atoms with Gasteiger partial charge in [0.2, 0.25) is 0 Å². The summed E-state index contributed by atoms with van der Waals surface area (Å²) in [6.45, 7) is 15.2. The molecule has 0 amide bonds. The van der Waals surface area contributed by atoms with Crippen LogP contribution in [0.15, 0.2) is 9.85 Å². The van der Waals surface area contributed by atoms with Gasteiger partial charge < -0.3 is 0 Å². The van der Waals surface area contributed by atoms with Gasteiger partial charge in [-0.25, -0.2) is 0 Å². The van der Waals surface area contributed by atoms with Gasteiger partial charge in [0.05, 0.1) is 0 Å². The maximum absolute atomic E-state index is 6.87. The standard InChI is InChI=1S/C13H23O.3C4H9.Sn/c1-13(2,3)9-10-14-11-12-7-5-4-6-8-12;3*1-3-4-2;/h9,12H,4-8,11H2,1-3H3;3*1,3-4H2,2H3;. The molecule has 0 atom stereocenters. The molecular weight excluding hydrogens is 435 g/mol. The molecule has 0 unspecified atom stereocenters. The second kappa shape index (κ2) is 13.5. The normalized spacial score (nSPS) is 17.3. The summed E-state index contributed by atoms with van der Waals surface area (Å²) in [6.07, 6.45) is 17.9. The van der Waals surface area contributed by atoms with E-state index >= 15 is 0 Å². The average molecular weight is 485 g/mol. The number of allylic oxidation sites excluding steroid dienone is 1. The van der Waals surface area contributed by atoms with Crippen molar-refractivity contribution in [3.05, 3.63) is 9.85 Å². The van der Waals surface area contributed by atoms with E-state index in [0.29, 0.717) is 0 Å². The Kier molecular flexibility index (Phi) is 12.7. The summed E-state index contributed by atoms with van der Waals surface area (Å²) >= 11 is -2.47. The first-order chi connectivity index (χ1) is 12.9. The average Bonchev–Trinajstić information content (AvgIpc) is 2.65. The first-order valence-corrected chi connectivity index (χ1v) is 19.7. The van der Waals surface area contributed by atoms with Gasteiger partial charge in [0.25, 0.3) is 0 Å². The van der Waals surface area contributed by atoms with E-state index in [1.54, 1.807) is 3.78 Å². The fourth-order valence-electron chi connectivity index (χ4n) is 4.59. The topological polar surface area (TPSA) is 9.23 Å². The molecule has 0 radical (unpaired) electrons. The van der Waals surface area contributed by atoms with E-state index in [2.05, 4.69) is 47.6 Å². The number of rotatable bonds is 13. The van der Waals surface area contributed by atoms with E-state index in [9.17, 15) is 0 Å². The third kappa shape index (κ3) is 10.1. The van der Waals surface area contributed by atoms with Gasteiger partial charge in [-0.2, -0.15) is 0 Å². The molecule has 0 N–H and O–H groups in total. The van der Waals surface area contributed by atoms with Crippen molar-refractivity contribution in [1.29, 1.82) is 0 Å². The van der Waals surface area contributed by atoms with Gasteiger partial charge in [-0.1, -0.05) is 0 Å². The SMILES string of the molecule is CCC[CH2][Sn]([CH2]CCC)([CH2]CCC)/[C](=C/C(C)(C)C)OCC1CCCCC1. The molecule has 0 aromatic carbocycles. The van der Waals surface area contributed by atoms with Crippen LogP contribution in [-0.4, -0.2) is 25.0 Å². The molecule has 1 aliphatic rings. The van der Waals surface area contributed by atoms with Crippen molar-refractivity contribution >= 4 is 18.4 Å². The van der Waals surface area contributed by atoms with Crippen molar-refractivity contribution in [3.8, 4) is 0 Å². The van der Waals surface area contributed by atoms with Crippen LogP contribution in [-0.2, 0) is 4.74 Å². The van der Waals surface area contributed by atoms with Crippen LogP contribution in [0.1, 0.15) is 112 Å². The summed E-state index contributed by atoms with van der Waals surface area (Å²) in [5, 5.41) is 0. The number of unbranched alkanes of at least 4 members (excludes halogenated alkanes) is 3. The number of hydrogen-bond donors (Lipinski definition) is 0. The van der Waals surface area contributed by atoms with Crippen molar-refractivity contribution in [2.24, 2.45) is 11.3 Å². The first-order valence-electron chi connectivity index (χ1n) is 12.2.